The summed E-state index contributed by atoms with van der Waals surface area (Å²) in [6.07, 6.45) is 3.62. The number of aryl methyl sites for hydroxylation is 2. The van der Waals surface area contributed by atoms with Crippen LogP contribution in [0.2, 0.25) is 0 Å². The second kappa shape index (κ2) is 11.6. The van der Waals surface area contributed by atoms with Gasteiger partial charge in [0.15, 0.2) is 0 Å². The lowest BCUT2D eigenvalue weighted by molar-refractivity contribution is -0.121. The summed E-state index contributed by atoms with van der Waals surface area (Å²) in [5.74, 6) is 0.629. The minimum Gasteiger partial charge on any atom is -0.497 e. The number of hydrogen-bond acceptors (Lipinski definition) is 5. The summed E-state index contributed by atoms with van der Waals surface area (Å²) in [6.45, 7) is 6.35. The third-order valence-corrected chi connectivity index (χ3v) is 7.72. The van der Waals surface area contributed by atoms with Gasteiger partial charge >= 0.3 is 0 Å². The molecule has 33 heavy (non-hydrogen) atoms. The van der Waals surface area contributed by atoms with Crippen molar-refractivity contribution in [1.29, 1.82) is 0 Å². The van der Waals surface area contributed by atoms with Gasteiger partial charge in [0.1, 0.15) is 5.75 Å². The first-order chi connectivity index (χ1) is 15.8. The second-order valence-electron chi connectivity index (χ2n) is 8.58. The Balaban J connectivity index is 1.55. The first kappa shape index (κ1) is 25.2. The standard InChI is InChI=1S/C25H35N3O4S/c1-19-7-12-23(17-20(19)2)33(30,31)27-14-13-25(29)26-18-24(28-15-5-4-6-16-28)21-8-10-22(32-3)11-9-21/h7-12,17,24,27H,4-6,13-16,18H2,1-3H3,(H,26,29). The van der Waals surface area contributed by atoms with Crippen molar-refractivity contribution in [1.82, 2.24) is 14.9 Å². The Bertz CT molecular complexity index is 1030. The van der Waals surface area contributed by atoms with Gasteiger partial charge in [-0.1, -0.05) is 24.6 Å². The average Bonchev–Trinajstić information content (AvgIpc) is 2.82. The Morgan fingerprint density at radius 3 is 2.36 bits per heavy atom. The van der Waals surface area contributed by atoms with E-state index in [-0.39, 0.29) is 29.8 Å². The average molecular weight is 474 g/mol. The Morgan fingerprint density at radius 2 is 1.73 bits per heavy atom. The molecule has 3 rings (SSSR count). The topological polar surface area (TPSA) is 87.7 Å². The minimum absolute atomic E-state index is 0.0536. The summed E-state index contributed by atoms with van der Waals surface area (Å²) in [5, 5.41) is 3.00. The molecule has 1 unspecified atom stereocenters. The molecule has 180 valence electrons. The molecule has 0 aliphatic carbocycles. The van der Waals surface area contributed by atoms with Crippen LogP contribution in [-0.4, -0.2) is 52.5 Å². The van der Waals surface area contributed by atoms with E-state index in [9.17, 15) is 13.2 Å². The van der Waals surface area contributed by atoms with E-state index in [4.69, 9.17) is 4.74 Å². The lowest BCUT2D eigenvalue weighted by Gasteiger charge is -2.35. The van der Waals surface area contributed by atoms with Gasteiger partial charge in [0.05, 0.1) is 18.0 Å². The molecule has 0 bridgehead atoms. The van der Waals surface area contributed by atoms with Crippen molar-refractivity contribution in [3.8, 4) is 5.75 Å². The van der Waals surface area contributed by atoms with E-state index in [1.54, 1.807) is 25.3 Å². The van der Waals surface area contributed by atoms with Crippen molar-refractivity contribution in [2.75, 3.05) is 33.3 Å². The molecule has 1 atom stereocenters. The van der Waals surface area contributed by atoms with Crippen molar-refractivity contribution in [3.63, 3.8) is 0 Å². The Morgan fingerprint density at radius 1 is 1.03 bits per heavy atom. The SMILES string of the molecule is COc1ccc(C(CNC(=O)CCNS(=O)(=O)c2ccc(C)c(C)c2)N2CCCCC2)cc1. The number of ether oxygens (including phenoxy) is 1. The predicted octanol–water partition coefficient (Wildman–Crippen LogP) is 3.32. The van der Waals surface area contributed by atoms with Crippen LogP contribution < -0.4 is 14.8 Å². The highest BCUT2D eigenvalue weighted by Crippen LogP contribution is 2.26. The number of piperidine rings is 1. The summed E-state index contributed by atoms with van der Waals surface area (Å²) in [4.78, 5) is 15.1. The molecular formula is C25H35N3O4S. The Kier molecular flexibility index (Phi) is 8.88. The van der Waals surface area contributed by atoms with E-state index in [1.807, 2.05) is 38.1 Å². The molecule has 2 aromatic carbocycles. The van der Waals surface area contributed by atoms with Crippen LogP contribution in [0.1, 0.15) is 48.4 Å². The first-order valence-electron chi connectivity index (χ1n) is 11.5. The number of methoxy groups -OCH3 is 1. The number of likely N-dealkylation sites (tertiary alicyclic amines) is 1. The van der Waals surface area contributed by atoms with Gasteiger partial charge in [-0.05, 0) is 80.7 Å². The molecule has 0 aromatic heterocycles. The Hall–Kier alpha value is -2.42. The minimum atomic E-state index is -3.64. The van der Waals surface area contributed by atoms with E-state index >= 15 is 0 Å². The summed E-state index contributed by atoms with van der Waals surface area (Å²) in [6, 6.07) is 13.1. The normalized spacial score (nSPS) is 15.7. The highest BCUT2D eigenvalue weighted by Gasteiger charge is 2.23. The smallest absolute Gasteiger partial charge is 0.240 e. The number of nitrogens with zero attached hydrogens (tertiary/aromatic N) is 1. The van der Waals surface area contributed by atoms with E-state index in [2.05, 4.69) is 14.9 Å². The van der Waals surface area contributed by atoms with E-state index in [0.717, 1.165) is 48.4 Å². The fourth-order valence-corrected chi connectivity index (χ4v) is 5.19. The summed E-state index contributed by atoms with van der Waals surface area (Å²) in [7, 11) is -2.00. The molecule has 2 N–H and O–H groups in total. The molecule has 7 nitrogen and oxygen atoms in total. The molecule has 2 aromatic rings. The number of nitrogens with one attached hydrogen (secondary N) is 2. The van der Waals surface area contributed by atoms with Crippen molar-refractivity contribution >= 4 is 15.9 Å². The second-order valence-corrected chi connectivity index (χ2v) is 10.4. The van der Waals surface area contributed by atoms with Gasteiger partial charge in [-0.25, -0.2) is 13.1 Å². The van der Waals surface area contributed by atoms with Gasteiger partial charge in [0.25, 0.3) is 0 Å². The van der Waals surface area contributed by atoms with Crippen LogP contribution in [0.5, 0.6) is 5.75 Å². The summed E-state index contributed by atoms with van der Waals surface area (Å²) < 4.78 is 32.9. The van der Waals surface area contributed by atoms with Gasteiger partial charge in [-0.2, -0.15) is 0 Å². The fraction of sp³-hybridized carbons (Fsp3) is 0.480. The maximum atomic E-state index is 12.5. The van der Waals surface area contributed by atoms with E-state index < -0.39 is 10.0 Å². The molecule has 1 aliphatic heterocycles. The van der Waals surface area contributed by atoms with Crippen LogP contribution >= 0.6 is 0 Å². The maximum absolute atomic E-state index is 12.5. The van der Waals surface area contributed by atoms with Crippen LogP contribution in [0.3, 0.4) is 0 Å². The molecule has 1 aliphatic rings. The molecule has 1 fully saturated rings. The van der Waals surface area contributed by atoms with E-state index in [1.165, 1.54) is 6.42 Å². The maximum Gasteiger partial charge on any atom is 0.240 e. The molecule has 0 saturated carbocycles. The Labute approximate surface area is 197 Å². The zero-order chi connectivity index (χ0) is 23.8. The number of benzene rings is 2. The zero-order valence-corrected chi connectivity index (χ0v) is 20.6. The number of rotatable bonds is 10. The van der Waals surface area contributed by atoms with Crippen molar-refractivity contribution in [2.45, 2.75) is 50.5 Å². The molecule has 1 heterocycles. The zero-order valence-electron chi connectivity index (χ0n) is 19.8. The van der Waals surface area contributed by atoms with Gasteiger partial charge in [-0.3, -0.25) is 9.69 Å². The van der Waals surface area contributed by atoms with Crippen molar-refractivity contribution in [2.24, 2.45) is 0 Å². The van der Waals surface area contributed by atoms with Crippen LogP contribution in [-0.2, 0) is 14.8 Å². The molecule has 0 spiro atoms. The number of carbonyl (C=O) groups is 1. The lowest BCUT2D eigenvalue weighted by Crippen LogP contribution is -2.41. The molecule has 0 radical (unpaired) electrons. The van der Waals surface area contributed by atoms with E-state index in [0.29, 0.717) is 6.54 Å². The largest absolute Gasteiger partial charge is 0.497 e. The predicted molar refractivity (Wildman–Crippen MR) is 130 cm³/mol. The van der Waals surface area contributed by atoms with Crippen molar-refractivity contribution < 1.29 is 17.9 Å². The highest BCUT2D eigenvalue weighted by molar-refractivity contribution is 7.89. The third kappa shape index (κ3) is 7.03. The number of amides is 1. The molecule has 1 saturated heterocycles. The van der Waals surface area contributed by atoms with Crippen molar-refractivity contribution in [3.05, 3.63) is 59.2 Å². The highest BCUT2D eigenvalue weighted by atomic mass is 32.2. The summed E-state index contributed by atoms with van der Waals surface area (Å²) in [5.41, 5.74) is 3.08. The molecule has 8 heteroatoms. The third-order valence-electron chi connectivity index (χ3n) is 6.26. The number of carbonyl (C=O) groups excluding carboxylic acids is 1. The first-order valence-corrected chi connectivity index (χ1v) is 13.0. The number of sulfonamides is 1. The van der Waals surface area contributed by atoms with Gasteiger partial charge in [0, 0.05) is 19.5 Å². The van der Waals surface area contributed by atoms with Crippen LogP contribution in [0.15, 0.2) is 47.4 Å². The summed E-state index contributed by atoms with van der Waals surface area (Å²) >= 11 is 0. The van der Waals surface area contributed by atoms with Gasteiger partial charge < -0.3 is 10.1 Å². The fourth-order valence-electron chi connectivity index (χ4n) is 4.08. The monoisotopic (exact) mass is 473 g/mol. The van der Waals surface area contributed by atoms with Gasteiger partial charge in [0.2, 0.25) is 15.9 Å². The molecule has 1 amide bonds. The molecular weight excluding hydrogens is 438 g/mol. The van der Waals surface area contributed by atoms with Crippen LogP contribution in [0, 0.1) is 13.8 Å². The van der Waals surface area contributed by atoms with Gasteiger partial charge in [-0.15, -0.1) is 0 Å². The lowest BCUT2D eigenvalue weighted by atomic mass is 10.0. The van der Waals surface area contributed by atoms with Crippen LogP contribution in [0.25, 0.3) is 0 Å². The quantitative estimate of drug-likeness (QED) is 0.553. The number of hydrogen-bond donors (Lipinski definition) is 2. The van der Waals surface area contributed by atoms with Crippen LogP contribution in [0.4, 0.5) is 0 Å².